The maximum Gasteiger partial charge on any atom is 0.410 e. The van der Waals surface area contributed by atoms with E-state index in [0.717, 1.165) is 40.0 Å². The fourth-order valence-corrected chi connectivity index (χ4v) is 5.79. The van der Waals surface area contributed by atoms with E-state index in [4.69, 9.17) is 21.4 Å². The number of nitrogens with zero attached hydrogens (tertiary/aromatic N) is 1. The molecule has 0 bridgehead atoms. The quantitative estimate of drug-likeness (QED) is 0.305. The second kappa shape index (κ2) is 11.9. The Labute approximate surface area is 220 Å². The molecule has 190 valence electrons. The van der Waals surface area contributed by atoms with Gasteiger partial charge in [0.2, 0.25) is 0 Å². The molecule has 2 aromatic carbocycles. The molecule has 2 N–H and O–H groups in total. The van der Waals surface area contributed by atoms with Crippen LogP contribution in [0.2, 0.25) is 5.02 Å². The number of aliphatic hydroxyl groups is 1. The van der Waals surface area contributed by atoms with Crippen LogP contribution in [-0.4, -0.2) is 46.4 Å². The zero-order valence-corrected chi connectivity index (χ0v) is 21.7. The molecule has 2 heterocycles. The Balaban J connectivity index is 1.35. The minimum absolute atomic E-state index is 0.000471. The van der Waals surface area contributed by atoms with Crippen LogP contribution in [0.15, 0.2) is 54.6 Å². The number of amides is 1. The number of hydrogen-bond donors (Lipinski definition) is 2. The van der Waals surface area contributed by atoms with Crippen molar-refractivity contribution < 1.29 is 24.5 Å². The Morgan fingerprint density at radius 3 is 2.81 bits per heavy atom. The maximum absolute atomic E-state index is 12.5. The number of thiophene rings is 1. The Bertz CT molecular complexity index is 1230. The standard InChI is InChI=1S/C28H30ClNO5S/c1-18-16-21(29)7-10-24(18)19-4-2-5-20(17-19)25(31)11-8-22-13-15-35-28(34)30(22)14-3-6-23-9-12-26(36-23)27(32)33/h2,4-5,7,9-10,12,16-17,22,25,31H,3,6,8,11,13-15H2,1H3,(H,32,33)/t22?,25-/m1/s1. The largest absolute Gasteiger partial charge is 0.477 e. The van der Waals surface area contributed by atoms with E-state index >= 15 is 0 Å². The topological polar surface area (TPSA) is 87.1 Å². The molecule has 4 rings (SSSR count). The Morgan fingerprint density at radius 2 is 2.06 bits per heavy atom. The van der Waals surface area contributed by atoms with E-state index < -0.39 is 12.1 Å². The molecule has 2 atom stereocenters. The van der Waals surface area contributed by atoms with Crippen LogP contribution >= 0.6 is 22.9 Å². The molecule has 3 aromatic rings. The van der Waals surface area contributed by atoms with Gasteiger partial charge < -0.3 is 19.8 Å². The Hall–Kier alpha value is -2.87. The molecule has 6 nitrogen and oxygen atoms in total. The molecule has 8 heteroatoms. The average molecular weight is 528 g/mol. The summed E-state index contributed by atoms with van der Waals surface area (Å²) in [6, 6.07) is 17.2. The number of carbonyl (C=O) groups excluding carboxylic acids is 1. The van der Waals surface area contributed by atoms with E-state index in [1.165, 1.54) is 11.3 Å². The number of ether oxygens (including phenoxy) is 1. The number of halogens is 1. The predicted octanol–water partition coefficient (Wildman–Crippen LogP) is 6.73. The smallest absolute Gasteiger partial charge is 0.410 e. The van der Waals surface area contributed by atoms with E-state index in [-0.39, 0.29) is 12.1 Å². The molecule has 0 spiro atoms. The third-order valence-corrected chi connectivity index (χ3v) is 7.96. The summed E-state index contributed by atoms with van der Waals surface area (Å²) in [7, 11) is 0. The van der Waals surface area contributed by atoms with Gasteiger partial charge in [-0.2, -0.15) is 0 Å². The minimum Gasteiger partial charge on any atom is -0.477 e. The van der Waals surface area contributed by atoms with Gasteiger partial charge in [0.15, 0.2) is 0 Å². The molecule has 1 aliphatic rings. The minimum atomic E-state index is -0.918. The van der Waals surface area contributed by atoms with Crippen LogP contribution in [0.4, 0.5) is 4.79 Å². The molecule has 0 aliphatic carbocycles. The van der Waals surface area contributed by atoms with Crippen molar-refractivity contribution in [2.24, 2.45) is 0 Å². The first-order chi connectivity index (χ1) is 17.3. The van der Waals surface area contributed by atoms with E-state index in [0.29, 0.717) is 42.3 Å². The predicted molar refractivity (Wildman–Crippen MR) is 142 cm³/mol. The highest BCUT2D eigenvalue weighted by Crippen LogP contribution is 2.30. The summed E-state index contributed by atoms with van der Waals surface area (Å²) >= 11 is 7.37. The summed E-state index contributed by atoms with van der Waals surface area (Å²) in [6.07, 6.45) is 2.39. The molecule has 1 amide bonds. The first kappa shape index (κ1) is 26.2. The molecule has 1 unspecified atom stereocenters. The lowest BCUT2D eigenvalue weighted by Crippen LogP contribution is -2.46. The van der Waals surface area contributed by atoms with Crippen molar-refractivity contribution in [3.05, 3.63) is 80.5 Å². The van der Waals surface area contributed by atoms with Crippen LogP contribution < -0.4 is 0 Å². The van der Waals surface area contributed by atoms with Crippen molar-refractivity contribution in [2.75, 3.05) is 13.2 Å². The number of hydrogen-bond acceptors (Lipinski definition) is 5. The zero-order valence-electron chi connectivity index (χ0n) is 20.2. The van der Waals surface area contributed by atoms with Crippen LogP contribution in [0.25, 0.3) is 11.1 Å². The number of benzene rings is 2. The molecule has 1 fully saturated rings. The molecule has 0 radical (unpaired) electrons. The summed E-state index contributed by atoms with van der Waals surface area (Å²) in [5.41, 5.74) is 4.03. The number of cyclic esters (lactones) is 1. The molecule has 1 saturated heterocycles. The number of aliphatic hydroxyl groups excluding tert-OH is 1. The van der Waals surface area contributed by atoms with Crippen molar-refractivity contribution in [3.63, 3.8) is 0 Å². The van der Waals surface area contributed by atoms with Crippen LogP contribution in [0, 0.1) is 6.92 Å². The van der Waals surface area contributed by atoms with Crippen molar-refractivity contribution in [2.45, 2.75) is 51.2 Å². The maximum atomic E-state index is 12.5. The Morgan fingerprint density at radius 1 is 1.22 bits per heavy atom. The second-order valence-corrected chi connectivity index (χ2v) is 10.7. The van der Waals surface area contributed by atoms with Gasteiger partial charge in [0.1, 0.15) is 4.88 Å². The van der Waals surface area contributed by atoms with Crippen molar-refractivity contribution in [1.82, 2.24) is 4.90 Å². The van der Waals surface area contributed by atoms with Gasteiger partial charge in [0.25, 0.3) is 0 Å². The second-order valence-electron chi connectivity index (χ2n) is 9.10. The van der Waals surface area contributed by atoms with Crippen LogP contribution in [0.1, 0.15) is 57.5 Å². The number of carbonyl (C=O) groups is 2. The number of aryl methyl sites for hydroxylation is 2. The van der Waals surface area contributed by atoms with E-state index in [1.54, 1.807) is 11.0 Å². The Kier molecular flexibility index (Phi) is 8.67. The van der Waals surface area contributed by atoms with Gasteiger partial charge in [-0.1, -0.05) is 35.9 Å². The lowest BCUT2D eigenvalue weighted by molar-refractivity contribution is 0.0356. The van der Waals surface area contributed by atoms with Crippen molar-refractivity contribution in [1.29, 1.82) is 0 Å². The summed E-state index contributed by atoms with van der Waals surface area (Å²) in [4.78, 5) is 26.6. The van der Waals surface area contributed by atoms with Crippen LogP contribution in [0.3, 0.4) is 0 Å². The molecular formula is C28H30ClNO5S. The highest BCUT2D eigenvalue weighted by Gasteiger charge is 2.29. The summed E-state index contributed by atoms with van der Waals surface area (Å²) in [6.45, 7) is 2.93. The summed E-state index contributed by atoms with van der Waals surface area (Å²) in [5.74, 6) is -0.918. The lowest BCUT2D eigenvalue weighted by Gasteiger charge is -2.35. The van der Waals surface area contributed by atoms with E-state index in [9.17, 15) is 14.7 Å². The third kappa shape index (κ3) is 6.46. The lowest BCUT2D eigenvalue weighted by atomic mass is 9.94. The SMILES string of the molecule is Cc1cc(Cl)ccc1-c1cccc([C@H](O)CCC2CCOC(=O)N2CCCc2ccc(C(=O)O)s2)c1. The van der Waals surface area contributed by atoms with Gasteiger partial charge in [0.05, 0.1) is 12.7 Å². The van der Waals surface area contributed by atoms with Gasteiger partial charge in [-0.3, -0.25) is 0 Å². The normalized spacial score (nSPS) is 16.6. The fraction of sp³-hybridized carbons (Fsp3) is 0.357. The molecular weight excluding hydrogens is 498 g/mol. The average Bonchev–Trinajstić information content (AvgIpc) is 3.33. The van der Waals surface area contributed by atoms with Crippen LogP contribution in [0.5, 0.6) is 0 Å². The molecule has 1 aliphatic heterocycles. The van der Waals surface area contributed by atoms with Crippen molar-refractivity contribution >= 4 is 35.0 Å². The van der Waals surface area contributed by atoms with E-state index in [1.807, 2.05) is 55.5 Å². The number of carboxylic acid groups (broad SMARTS) is 1. The monoisotopic (exact) mass is 527 g/mol. The van der Waals surface area contributed by atoms with Gasteiger partial charge in [0, 0.05) is 28.9 Å². The highest BCUT2D eigenvalue weighted by atomic mass is 35.5. The number of aromatic carboxylic acids is 1. The van der Waals surface area contributed by atoms with Gasteiger partial charge >= 0.3 is 12.1 Å². The van der Waals surface area contributed by atoms with Gasteiger partial charge in [-0.15, -0.1) is 11.3 Å². The van der Waals surface area contributed by atoms with E-state index in [2.05, 4.69) is 0 Å². The molecule has 1 aromatic heterocycles. The third-order valence-electron chi connectivity index (χ3n) is 6.59. The number of rotatable bonds is 10. The molecule has 0 saturated carbocycles. The van der Waals surface area contributed by atoms with Gasteiger partial charge in [-0.05, 0) is 85.2 Å². The first-order valence-corrected chi connectivity index (χ1v) is 13.3. The zero-order chi connectivity index (χ0) is 25.7. The fourth-order valence-electron chi connectivity index (χ4n) is 4.68. The first-order valence-electron chi connectivity index (χ1n) is 12.1. The number of carboxylic acids is 1. The van der Waals surface area contributed by atoms with Crippen LogP contribution in [-0.2, 0) is 11.2 Å². The summed E-state index contributed by atoms with van der Waals surface area (Å²) in [5, 5.41) is 20.7. The summed E-state index contributed by atoms with van der Waals surface area (Å²) < 4.78 is 5.27. The highest BCUT2D eigenvalue weighted by molar-refractivity contribution is 7.13. The molecule has 36 heavy (non-hydrogen) atoms. The van der Waals surface area contributed by atoms with Gasteiger partial charge in [-0.25, -0.2) is 9.59 Å². The van der Waals surface area contributed by atoms with Crippen molar-refractivity contribution in [3.8, 4) is 11.1 Å².